The van der Waals surface area contributed by atoms with Crippen LogP contribution in [-0.4, -0.2) is 12.4 Å². The molecule has 0 heterocycles. The lowest BCUT2D eigenvalue weighted by molar-refractivity contribution is -0.119. The van der Waals surface area contributed by atoms with Crippen molar-refractivity contribution in [2.45, 2.75) is 39.5 Å². The van der Waals surface area contributed by atoms with E-state index in [4.69, 9.17) is 4.74 Å². The van der Waals surface area contributed by atoms with Gasteiger partial charge in [-0.05, 0) is 31.4 Å². The summed E-state index contributed by atoms with van der Waals surface area (Å²) >= 11 is 0. The highest BCUT2D eigenvalue weighted by Gasteiger charge is 2.05. The lowest BCUT2D eigenvalue weighted by Crippen LogP contribution is -2.01. The Balaban J connectivity index is 2.55. The van der Waals surface area contributed by atoms with E-state index >= 15 is 0 Å². The van der Waals surface area contributed by atoms with Crippen molar-refractivity contribution < 1.29 is 9.53 Å². The number of para-hydroxylation sites is 1. The lowest BCUT2D eigenvalue weighted by Gasteiger charge is -2.09. The second-order valence-corrected chi connectivity index (χ2v) is 3.83. The Hall–Kier alpha value is -1.31. The van der Waals surface area contributed by atoms with E-state index in [-0.39, 0.29) is 0 Å². The van der Waals surface area contributed by atoms with Gasteiger partial charge in [0.05, 0.1) is 6.61 Å². The van der Waals surface area contributed by atoms with Crippen LogP contribution < -0.4 is 4.74 Å². The van der Waals surface area contributed by atoms with Gasteiger partial charge in [0.1, 0.15) is 11.5 Å². The summed E-state index contributed by atoms with van der Waals surface area (Å²) in [5.74, 6) is 1.25. The Kier molecular flexibility index (Phi) is 5.62. The molecular formula is C14H20O2. The first kappa shape index (κ1) is 12.8. The summed E-state index contributed by atoms with van der Waals surface area (Å²) in [6, 6.07) is 7.94. The van der Waals surface area contributed by atoms with E-state index in [2.05, 4.69) is 0 Å². The summed E-state index contributed by atoms with van der Waals surface area (Å²) in [6.45, 7) is 4.67. The number of rotatable bonds is 7. The number of hydrogen-bond acceptors (Lipinski definition) is 2. The molecule has 0 aliphatic rings. The quantitative estimate of drug-likeness (QED) is 0.704. The third-order valence-corrected chi connectivity index (χ3v) is 2.47. The molecule has 0 saturated carbocycles. The summed E-state index contributed by atoms with van der Waals surface area (Å²) in [6.07, 6.45) is 3.04. The van der Waals surface area contributed by atoms with Crippen molar-refractivity contribution in [3.8, 4) is 5.75 Å². The summed E-state index contributed by atoms with van der Waals surface area (Å²) in [7, 11) is 0. The Labute approximate surface area is 97.6 Å². The Bertz CT molecular complexity index is 331. The van der Waals surface area contributed by atoms with Gasteiger partial charge in [-0.25, -0.2) is 0 Å². The van der Waals surface area contributed by atoms with Gasteiger partial charge in [-0.1, -0.05) is 25.1 Å². The fraction of sp³-hybridized carbons (Fsp3) is 0.500. The van der Waals surface area contributed by atoms with Crippen LogP contribution in [0.25, 0.3) is 0 Å². The molecule has 0 atom stereocenters. The van der Waals surface area contributed by atoms with E-state index in [0.717, 1.165) is 24.2 Å². The molecule has 0 bridgehead atoms. The van der Waals surface area contributed by atoms with Gasteiger partial charge >= 0.3 is 0 Å². The molecule has 0 aliphatic carbocycles. The number of carbonyl (C=O) groups is 1. The van der Waals surface area contributed by atoms with Gasteiger partial charge in [0, 0.05) is 12.8 Å². The zero-order chi connectivity index (χ0) is 11.8. The molecular weight excluding hydrogens is 200 g/mol. The predicted octanol–water partition coefficient (Wildman–Crippen LogP) is 3.39. The highest BCUT2D eigenvalue weighted by Crippen LogP contribution is 2.19. The summed E-state index contributed by atoms with van der Waals surface area (Å²) in [5.41, 5.74) is 1.13. The minimum Gasteiger partial charge on any atom is -0.494 e. The van der Waals surface area contributed by atoms with Gasteiger partial charge in [-0.3, -0.25) is 4.79 Å². The maximum Gasteiger partial charge on any atom is 0.133 e. The summed E-state index contributed by atoms with van der Waals surface area (Å²) in [4.78, 5) is 11.4. The summed E-state index contributed by atoms with van der Waals surface area (Å²) < 4.78 is 5.52. The molecule has 0 radical (unpaired) electrons. The highest BCUT2D eigenvalue weighted by molar-refractivity contribution is 5.78. The lowest BCUT2D eigenvalue weighted by atomic mass is 10.0. The van der Waals surface area contributed by atoms with Crippen molar-refractivity contribution in [2.24, 2.45) is 0 Å². The molecule has 1 rings (SSSR count). The van der Waals surface area contributed by atoms with Crippen LogP contribution in [-0.2, 0) is 11.2 Å². The maximum absolute atomic E-state index is 11.4. The number of benzene rings is 1. The first-order chi connectivity index (χ1) is 7.77. The molecule has 1 aromatic rings. The third kappa shape index (κ3) is 4.05. The second kappa shape index (κ2) is 7.04. The molecule has 0 amide bonds. The fourth-order valence-corrected chi connectivity index (χ4v) is 1.68. The van der Waals surface area contributed by atoms with Gasteiger partial charge in [-0.2, -0.15) is 0 Å². The average Bonchev–Trinajstić information content (AvgIpc) is 2.29. The molecule has 0 aromatic heterocycles. The largest absolute Gasteiger partial charge is 0.494 e. The van der Waals surface area contributed by atoms with Crippen molar-refractivity contribution in [1.82, 2.24) is 0 Å². The summed E-state index contributed by atoms with van der Waals surface area (Å²) in [5, 5.41) is 0. The van der Waals surface area contributed by atoms with E-state index in [1.54, 1.807) is 0 Å². The number of ketones is 1. The normalized spacial score (nSPS) is 10.1. The minimum atomic E-state index is 0.341. The fourth-order valence-electron chi connectivity index (χ4n) is 1.68. The van der Waals surface area contributed by atoms with E-state index in [1.165, 1.54) is 0 Å². The topological polar surface area (TPSA) is 26.3 Å². The molecule has 0 saturated heterocycles. The van der Waals surface area contributed by atoms with Crippen LogP contribution in [0.4, 0.5) is 0 Å². The smallest absolute Gasteiger partial charge is 0.133 e. The first-order valence-electron chi connectivity index (χ1n) is 6.00. The van der Waals surface area contributed by atoms with Gasteiger partial charge < -0.3 is 4.74 Å². The van der Waals surface area contributed by atoms with Crippen LogP contribution >= 0.6 is 0 Å². The number of Topliss-reactive ketones (excluding diaryl/α,β-unsaturated/α-hetero) is 1. The Morgan fingerprint density at radius 1 is 1.19 bits per heavy atom. The van der Waals surface area contributed by atoms with Crippen LogP contribution in [0.2, 0.25) is 0 Å². The van der Waals surface area contributed by atoms with Crippen molar-refractivity contribution >= 4 is 5.78 Å². The van der Waals surface area contributed by atoms with Crippen molar-refractivity contribution in [1.29, 1.82) is 0 Å². The van der Waals surface area contributed by atoms with Crippen molar-refractivity contribution in [2.75, 3.05) is 6.61 Å². The van der Waals surface area contributed by atoms with E-state index < -0.39 is 0 Å². The molecule has 0 fully saturated rings. The van der Waals surface area contributed by atoms with Gasteiger partial charge in [0.2, 0.25) is 0 Å². The van der Waals surface area contributed by atoms with Crippen LogP contribution in [0, 0.1) is 0 Å². The van der Waals surface area contributed by atoms with Crippen LogP contribution in [0.15, 0.2) is 24.3 Å². The predicted molar refractivity (Wildman–Crippen MR) is 65.8 cm³/mol. The molecule has 0 spiro atoms. The molecule has 0 aliphatic heterocycles. The number of carbonyl (C=O) groups excluding carboxylic acids is 1. The van der Waals surface area contributed by atoms with Crippen LogP contribution in [0.3, 0.4) is 0 Å². The van der Waals surface area contributed by atoms with Gasteiger partial charge in [0.25, 0.3) is 0 Å². The zero-order valence-electron chi connectivity index (χ0n) is 10.2. The number of aryl methyl sites for hydroxylation is 1. The molecule has 88 valence electrons. The molecule has 2 nitrogen and oxygen atoms in total. The van der Waals surface area contributed by atoms with Crippen LogP contribution in [0.5, 0.6) is 5.75 Å². The number of hydrogen-bond donors (Lipinski definition) is 0. The SMILES string of the molecule is CCCC(=O)CCc1ccccc1OCC. The second-order valence-electron chi connectivity index (χ2n) is 3.83. The minimum absolute atomic E-state index is 0.341. The molecule has 2 heteroatoms. The monoisotopic (exact) mass is 220 g/mol. The first-order valence-corrected chi connectivity index (χ1v) is 6.00. The molecule has 0 unspecified atom stereocenters. The third-order valence-electron chi connectivity index (χ3n) is 2.47. The Morgan fingerprint density at radius 3 is 2.62 bits per heavy atom. The van der Waals surface area contributed by atoms with Gasteiger partial charge in [0.15, 0.2) is 0 Å². The average molecular weight is 220 g/mol. The van der Waals surface area contributed by atoms with Crippen LogP contribution in [0.1, 0.15) is 38.7 Å². The van der Waals surface area contributed by atoms with E-state index in [9.17, 15) is 4.79 Å². The van der Waals surface area contributed by atoms with Gasteiger partial charge in [-0.15, -0.1) is 0 Å². The molecule has 0 N–H and O–H groups in total. The number of ether oxygens (including phenoxy) is 1. The molecule has 16 heavy (non-hydrogen) atoms. The highest BCUT2D eigenvalue weighted by atomic mass is 16.5. The molecule has 1 aromatic carbocycles. The Morgan fingerprint density at radius 2 is 1.94 bits per heavy atom. The zero-order valence-corrected chi connectivity index (χ0v) is 10.2. The van der Waals surface area contributed by atoms with Crippen molar-refractivity contribution in [3.05, 3.63) is 29.8 Å². The van der Waals surface area contributed by atoms with Crippen molar-refractivity contribution in [3.63, 3.8) is 0 Å². The standard InChI is InChI=1S/C14H20O2/c1-3-7-13(15)11-10-12-8-5-6-9-14(12)16-4-2/h5-6,8-9H,3-4,7,10-11H2,1-2H3. The van der Waals surface area contributed by atoms with E-state index in [0.29, 0.717) is 25.2 Å². The maximum atomic E-state index is 11.4. The van der Waals surface area contributed by atoms with E-state index in [1.807, 2.05) is 38.1 Å².